The Hall–Kier alpha value is -3.21. The summed E-state index contributed by atoms with van der Waals surface area (Å²) in [5.41, 5.74) is 0.0616. The molecule has 0 spiro atoms. The minimum Gasteiger partial charge on any atom is -0.450 e. The average molecular weight is 581 g/mol. The number of nitrogens with one attached hydrogen (secondary N) is 3. The van der Waals surface area contributed by atoms with Gasteiger partial charge >= 0.3 is 5.97 Å². The molecule has 1 aliphatic heterocycles. The molecule has 9 nitrogen and oxygen atoms in total. The standard InChI is InChI=1S/C27H31Cl2FN4O5/c1-15(20-6-5-7-21(29)23(20)30)24(31-11-17-8-9-18(28)10-22(17)32-14-35)25(37)33-19-12-34(13-19)26(38)27(3,4)39-16(2)36/h5-10,14-15,19,24,31H,11-13H2,1-4H3,(H,32,35)(H,33,37)/t15?,24-/m1/s1. The van der Waals surface area contributed by atoms with Crippen LogP contribution in [0.2, 0.25) is 10.0 Å². The molecule has 210 valence electrons. The molecule has 0 aromatic heterocycles. The van der Waals surface area contributed by atoms with Crippen molar-refractivity contribution in [1.29, 1.82) is 0 Å². The van der Waals surface area contributed by atoms with Gasteiger partial charge in [0.05, 0.1) is 17.1 Å². The number of ether oxygens (including phenoxy) is 1. The van der Waals surface area contributed by atoms with Crippen LogP contribution in [0.3, 0.4) is 0 Å². The third kappa shape index (κ3) is 7.46. The normalized spacial score (nSPS) is 15.1. The molecule has 0 aliphatic carbocycles. The highest BCUT2D eigenvalue weighted by molar-refractivity contribution is 6.31. The van der Waals surface area contributed by atoms with Crippen molar-refractivity contribution in [1.82, 2.24) is 15.5 Å². The summed E-state index contributed by atoms with van der Waals surface area (Å²) >= 11 is 12.0. The summed E-state index contributed by atoms with van der Waals surface area (Å²) in [5.74, 6) is -2.60. The van der Waals surface area contributed by atoms with Gasteiger partial charge < -0.3 is 25.6 Å². The molecule has 0 saturated carbocycles. The number of benzene rings is 2. The van der Waals surface area contributed by atoms with Crippen molar-refractivity contribution in [3.05, 3.63) is 63.4 Å². The van der Waals surface area contributed by atoms with Crippen molar-refractivity contribution in [2.45, 2.75) is 57.8 Å². The van der Waals surface area contributed by atoms with Crippen molar-refractivity contribution in [3.63, 3.8) is 0 Å². The van der Waals surface area contributed by atoms with E-state index >= 15 is 0 Å². The first-order valence-electron chi connectivity index (χ1n) is 12.3. The van der Waals surface area contributed by atoms with E-state index in [2.05, 4.69) is 16.0 Å². The fraction of sp³-hybridized carbons (Fsp3) is 0.407. The number of anilines is 1. The van der Waals surface area contributed by atoms with Crippen LogP contribution in [0.5, 0.6) is 0 Å². The zero-order chi connectivity index (χ0) is 28.9. The van der Waals surface area contributed by atoms with Gasteiger partial charge in [0, 0.05) is 43.2 Å². The van der Waals surface area contributed by atoms with E-state index in [0.29, 0.717) is 22.7 Å². The van der Waals surface area contributed by atoms with Gasteiger partial charge in [-0.1, -0.05) is 48.3 Å². The van der Waals surface area contributed by atoms with Gasteiger partial charge in [0.15, 0.2) is 5.60 Å². The molecular formula is C27H31Cl2FN4O5. The molecule has 2 atom stereocenters. The predicted molar refractivity (Wildman–Crippen MR) is 146 cm³/mol. The lowest BCUT2D eigenvalue weighted by atomic mass is 9.91. The Morgan fingerprint density at radius 3 is 2.54 bits per heavy atom. The summed E-state index contributed by atoms with van der Waals surface area (Å²) in [6.45, 7) is 6.56. The number of hydrogen-bond donors (Lipinski definition) is 3. The second-order valence-electron chi connectivity index (χ2n) is 9.87. The Balaban J connectivity index is 1.76. The summed E-state index contributed by atoms with van der Waals surface area (Å²) in [6.07, 6.45) is 0.524. The molecule has 3 amide bonds. The molecule has 0 bridgehead atoms. The van der Waals surface area contributed by atoms with Gasteiger partial charge in [-0.05, 0) is 43.2 Å². The van der Waals surface area contributed by atoms with Crippen molar-refractivity contribution in [3.8, 4) is 0 Å². The van der Waals surface area contributed by atoms with Crippen LogP contribution in [0, 0.1) is 5.82 Å². The van der Waals surface area contributed by atoms with E-state index in [4.69, 9.17) is 27.9 Å². The summed E-state index contributed by atoms with van der Waals surface area (Å²) in [7, 11) is 0. The van der Waals surface area contributed by atoms with Gasteiger partial charge in [-0.3, -0.25) is 19.2 Å². The first-order chi connectivity index (χ1) is 18.3. The van der Waals surface area contributed by atoms with Gasteiger partial charge in [0.1, 0.15) is 5.82 Å². The summed E-state index contributed by atoms with van der Waals surface area (Å²) in [4.78, 5) is 50.0. The lowest BCUT2D eigenvalue weighted by Crippen LogP contribution is -2.66. The maximum absolute atomic E-state index is 14.9. The summed E-state index contributed by atoms with van der Waals surface area (Å²) in [6, 6.07) is 8.30. The third-order valence-corrected chi connectivity index (χ3v) is 7.01. The lowest BCUT2D eigenvalue weighted by molar-refractivity contribution is -0.171. The summed E-state index contributed by atoms with van der Waals surface area (Å²) < 4.78 is 20.0. The van der Waals surface area contributed by atoms with Crippen LogP contribution in [-0.2, 0) is 30.5 Å². The highest BCUT2D eigenvalue weighted by atomic mass is 35.5. The van der Waals surface area contributed by atoms with E-state index in [1.54, 1.807) is 37.3 Å². The van der Waals surface area contributed by atoms with E-state index < -0.39 is 35.3 Å². The fourth-order valence-electron chi connectivity index (χ4n) is 4.48. The number of halogens is 3. The first kappa shape index (κ1) is 30.3. The quantitative estimate of drug-likeness (QED) is 0.276. The Bertz CT molecular complexity index is 1250. The Morgan fingerprint density at radius 2 is 1.90 bits per heavy atom. The molecule has 3 rings (SSSR count). The number of rotatable bonds is 11. The van der Waals surface area contributed by atoms with Crippen LogP contribution in [0.25, 0.3) is 0 Å². The van der Waals surface area contributed by atoms with Crippen molar-refractivity contribution < 1.29 is 28.3 Å². The molecule has 2 aromatic rings. The molecule has 39 heavy (non-hydrogen) atoms. The molecule has 12 heteroatoms. The summed E-state index contributed by atoms with van der Waals surface area (Å²) in [5, 5.41) is 9.04. The largest absolute Gasteiger partial charge is 0.450 e. The minimum atomic E-state index is -1.32. The number of hydrogen-bond acceptors (Lipinski definition) is 6. The van der Waals surface area contributed by atoms with Gasteiger partial charge in [-0.15, -0.1) is 0 Å². The number of esters is 1. The van der Waals surface area contributed by atoms with E-state index in [0.717, 1.165) is 0 Å². The van der Waals surface area contributed by atoms with Crippen molar-refractivity contribution in [2.75, 3.05) is 18.4 Å². The minimum absolute atomic E-state index is 0.0581. The van der Waals surface area contributed by atoms with E-state index in [1.165, 1.54) is 31.7 Å². The van der Waals surface area contributed by atoms with Gasteiger partial charge in [-0.2, -0.15) is 0 Å². The van der Waals surface area contributed by atoms with Gasteiger partial charge in [0.2, 0.25) is 12.3 Å². The molecule has 1 heterocycles. The molecule has 1 saturated heterocycles. The molecule has 3 N–H and O–H groups in total. The Morgan fingerprint density at radius 1 is 1.21 bits per heavy atom. The molecular weight excluding hydrogens is 550 g/mol. The number of nitrogens with zero attached hydrogens (tertiary/aromatic N) is 1. The zero-order valence-electron chi connectivity index (χ0n) is 22.0. The number of likely N-dealkylation sites (tertiary alicyclic amines) is 1. The van der Waals surface area contributed by atoms with Crippen LogP contribution < -0.4 is 16.0 Å². The predicted octanol–water partition coefficient (Wildman–Crippen LogP) is 3.63. The van der Waals surface area contributed by atoms with E-state index in [9.17, 15) is 23.6 Å². The molecule has 2 aromatic carbocycles. The van der Waals surface area contributed by atoms with Crippen LogP contribution >= 0.6 is 23.2 Å². The smallest absolute Gasteiger partial charge is 0.303 e. The van der Waals surface area contributed by atoms with Gasteiger partial charge in [0.25, 0.3) is 5.91 Å². The molecule has 1 unspecified atom stereocenters. The second kappa shape index (κ2) is 12.8. The lowest BCUT2D eigenvalue weighted by Gasteiger charge is -2.43. The fourth-order valence-corrected chi connectivity index (χ4v) is 4.83. The first-order valence-corrected chi connectivity index (χ1v) is 13.0. The molecule has 1 fully saturated rings. The Kier molecular flexibility index (Phi) is 9.93. The van der Waals surface area contributed by atoms with Crippen LogP contribution in [0.15, 0.2) is 36.4 Å². The maximum Gasteiger partial charge on any atom is 0.303 e. The number of amides is 3. The second-order valence-corrected chi connectivity index (χ2v) is 10.7. The zero-order valence-corrected chi connectivity index (χ0v) is 23.5. The van der Waals surface area contributed by atoms with Crippen molar-refractivity contribution >= 4 is 53.1 Å². The molecule has 0 radical (unpaired) electrons. The highest BCUT2D eigenvalue weighted by Crippen LogP contribution is 2.28. The topological polar surface area (TPSA) is 117 Å². The highest BCUT2D eigenvalue weighted by Gasteiger charge is 2.42. The average Bonchev–Trinajstić information content (AvgIpc) is 2.83. The van der Waals surface area contributed by atoms with Crippen LogP contribution in [-0.4, -0.2) is 59.9 Å². The number of carbonyl (C=O) groups is 4. The van der Waals surface area contributed by atoms with E-state index in [-0.39, 0.29) is 42.2 Å². The number of carbonyl (C=O) groups excluding carboxylic acids is 4. The van der Waals surface area contributed by atoms with Gasteiger partial charge in [-0.25, -0.2) is 4.39 Å². The van der Waals surface area contributed by atoms with E-state index in [1.807, 2.05) is 0 Å². The molecule has 1 aliphatic rings. The van der Waals surface area contributed by atoms with Crippen LogP contribution in [0.1, 0.15) is 44.7 Å². The van der Waals surface area contributed by atoms with Crippen LogP contribution in [0.4, 0.5) is 10.1 Å². The third-order valence-electron chi connectivity index (χ3n) is 6.48. The SMILES string of the molecule is CC(=O)OC(C)(C)C(=O)N1CC(NC(=O)[C@H](NCc2ccc(Cl)cc2NC=O)C(C)c2cccc(Cl)c2F)C1. The van der Waals surface area contributed by atoms with Crippen molar-refractivity contribution in [2.24, 2.45) is 0 Å². The Labute approximate surface area is 236 Å². The maximum atomic E-state index is 14.9. The monoisotopic (exact) mass is 580 g/mol.